The Kier molecular flexibility index (Phi) is 3.61. The van der Waals surface area contributed by atoms with Crippen LogP contribution >= 0.6 is 0 Å². The average molecular weight is 293 g/mol. The first kappa shape index (κ1) is 14.3. The maximum Gasteiger partial charge on any atom is 0.334 e. The third kappa shape index (κ3) is 2.29. The highest BCUT2D eigenvalue weighted by molar-refractivity contribution is 5.63. The molecule has 0 radical (unpaired) electrons. The van der Waals surface area contributed by atoms with E-state index in [4.69, 9.17) is 5.73 Å². The van der Waals surface area contributed by atoms with Gasteiger partial charge < -0.3 is 10.6 Å². The van der Waals surface area contributed by atoms with E-state index in [1.54, 1.807) is 4.68 Å². The summed E-state index contributed by atoms with van der Waals surface area (Å²) in [5.41, 5.74) is 6.91. The minimum atomic E-state index is -0.263. The summed E-state index contributed by atoms with van der Waals surface area (Å²) < 4.78 is 1.70. The van der Waals surface area contributed by atoms with Gasteiger partial charge >= 0.3 is 5.69 Å². The minimum absolute atomic E-state index is 0.201. The molecule has 3 rings (SSSR count). The molecule has 2 unspecified atom stereocenters. The van der Waals surface area contributed by atoms with Crippen molar-refractivity contribution >= 4 is 11.5 Å². The van der Waals surface area contributed by atoms with Crippen LogP contribution in [0.1, 0.15) is 44.7 Å². The molecule has 2 N–H and O–H groups in total. The number of hydrogen-bond donors (Lipinski definition) is 1. The smallest absolute Gasteiger partial charge is 0.334 e. The molecule has 2 fully saturated rings. The van der Waals surface area contributed by atoms with E-state index in [9.17, 15) is 10.1 Å². The third-order valence-corrected chi connectivity index (χ3v) is 4.75. The fourth-order valence-corrected chi connectivity index (χ4v) is 4.00. The van der Waals surface area contributed by atoms with Crippen molar-refractivity contribution in [1.29, 1.82) is 0 Å². The third-order valence-electron chi connectivity index (χ3n) is 4.75. The van der Waals surface area contributed by atoms with E-state index < -0.39 is 0 Å². The molecular formula is C14H23N5O2. The average Bonchev–Trinajstić information content (AvgIpc) is 2.84. The van der Waals surface area contributed by atoms with Crippen LogP contribution in [0.4, 0.5) is 11.5 Å². The van der Waals surface area contributed by atoms with Gasteiger partial charge in [0.15, 0.2) is 0 Å². The molecule has 7 nitrogen and oxygen atoms in total. The second kappa shape index (κ2) is 5.29. The molecule has 2 aliphatic heterocycles. The van der Waals surface area contributed by atoms with Gasteiger partial charge in [0.05, 0.1) is 4.92 Å². The van der Waals surface area contributed by atoms with Crippen LogP contribution in [0.25, 0.3) is 0 Å². The summed E-state index contributed by atoms with van der Waals surface area (Å²) in [6.07, 6.45) is 5.49. The van der Waals surface area contributed by atoms with E-state index >= 15 is 0 Å². The van der Waals surface area contributed by atoms with Crippen molar-refractivity contribution in [2.75, 3.05) is 4.90 Å². The fourth-order valence-electron chi connectivity index (χ4n) is 4.00. The van der Waals surface area contributed by atoms with Crippen molar-refractivity contribution in [3.8, 4) is 0 Å². The molecule has 116 valence electrons. The first-order chi connectivity index (χ1) is 10.0. The van der Waals surface area contributed by atoms with Crippen LogP contribution in [0.15, 0.2) is 0 Å². The van der Waals surface area contributed by atoms with Gasteiger partial charge in [0.25, 0.3) is 0 Å². The van der Waals surface area contributed by atoms with E-state index in [1.807, 2.05) is 14.0 Å². The molecule has 0 aromatic carbocycles. The first-order valence-electron chi connectivity index (χ1n) is 7.77. The lowest BCUT2D eigenvalue weighted by molar-refractivity contribution is -0.384. The number of fused-ring (bicyclic) bond motifs is 2. The van der Waals surface area contributed by atoms with Crippen molar-refractivity contribution in [3.05, 3.63) is 15.8 Å². The standard InChI is InChI=1S/C14H23N5O2/c1-3-4-12-13(19(20)21)14(17(2)16-12)18-10-5-6-11(18)8-9(15)7-10/h9-11H,3-8,15H2,1-2H3. The van der Waals surface area contributed by atoms with E-state index in [0.717, 1.165) is 32.1 Å². The second-order valence-electron chi connectivity index (χ2n) is 6.27. The summed E-state index contributed by atoms with van der Waals surface area (Å²) in [5.74, 6) is 0.683. The Morgan fingerprint density at radius 2 is 2.00 bits per heavy atom. The highest BCUT2D eigenvalue weighted by atomic mass is 16.6. The maximum atomic E-state index is 11.6. The Labute approximate surface area is 124 Å². The fraction of sp³-hybridized carbons (Fsp3) is 0.786. The molecule has 2 bridgehead atoms. The highest BCUT2D eigenvalue weighted by Crippen LogP contribution is 2.43. The molecule has 2 saturated heterocycles. The highest BCUT2D eigenvalue weighted by Gasteiger charge is 2.44. The number of aryl methyl sites for hydroxylation is 2. The van der Waals surface area contributed by atoms with Gasteiger partial charge in [-0.15, -0.1) is 0 Å². The van der Waals surface area contributed by atoms with Crippen LogP contribution in [0.3, 0.4) is 0 Å². The predicted octanol–water partition coefficient (Wildman–Crippen LogP) is 1.74. The van der Waals surface area contributed by atoms with Crippen molar-refractivity contribution in [1.82, 2.24) is 9.78 Å². The molecular weight excluding hydrogens is 270 g/mol. The lowest BCUT2D eigenvalue weighted by Gasteiger charge is -2.38. The SMILES string of the molecule is CCCc1nn(C)c(N2C3CCC2CC(N)C3)c1[N+](=O)[O-]. The van der Waals surface area contributed by atoms with Gasteiger partial charge in [-0.1, -0.05) is 13.3 Å². The van der Waals surface area contributed by atoms with Crippen LogP contribution in [-0.2, 0) is 13.5 Å². The van der Waals surface area contributed by atoms with Crippen molar-refractivity contribution in [3.63, 3.8) is 0 Å². The molecule has 3 heterocycles. The Balaban J connectivity index is 2.04. The molecule has 0 aliphatic carbocycles. The molecule has 2 atom stereocenters. The van der Waals surface area contributed by atoms with Gasteiger partial charge in [0.2, 0.25) is 5.82 Å². The number of nitrogens with zero attached hydrogens (tertiary/aromatic N) is 4. The lowest BCUT2D eigenvalue weighted by Crippen LogP contribution is -2.48. The van der Waals surface area contributed by atoms with Crippen LogP contribution in [0.2, 0.25) is 0 Å². The monoisotopic (exact) mass is 293 g/mol. The van der Waals surface area contributed by atoms with Gasteiger partial charge in [-0.25, -0.2) is 4.68 Å². The number of rotatable bonds is 4. The molecule has 0 spiro atoms. The van der Waals surface area contributed by atoms with Crippen molar-refractivity contribution < 1.29 is 4.92 Å². The molecule has 2 aliphatic rings. The second-order valence-corrected chi connectivity index (χ2v) is 6.27. The number of nitrogens with two attached hydrogens (primary N) is 1. The summed E-state index contributed by atoms with van der Waals surface area (Å²) >= 11 is 0. The topological polar surface area (TPSA) is 90.2 Å². The van der Waals surface area contributed by atoms with E-state index in [-0.39, 0.29) is 16.7 Å². The number of aromatic nitrogens is 2. The number of hydrogen-bond acceptors (Lipinski definition) is 5. The zero-order chi connectivity index (χ0) is 15.1. The van der Waals surface area contributed by atoms with Crippen LogP contribution in [0, 0.1) is 10.1 Å². The van der Waals surface area contributed by atoms with Gasteiger partial charge in [0.1, 0.15) is 5.69 Å². The van der Waals surface area contributed by atoms with E-state index in [2.05, 4.69) is 10.00 Å². The van der Waals surface area contributed by atoms with Crippen LogP contribution in [-0.4, -0.2) is 32.8 Å². The Hall–Kier alpha value is -1.63. The normalized spacial score (nSPS) is 28.1. The van der Waals surface area contributed by atoms with Gasteiger partial charge in [-0.3, -0.25) is 10.1 Å². The molecule has 1 aromatic heterocycles. The zero-order valence-electron chi connectivity index (χ0n) is 12.7. The lowest BCUT2D eigenvalue weighted by atomic mass is 9.98. The summed E-state index contributed by atoms with van der Waals surface area (Å²) in [4.78, 5) is 13.5. The van der Waals surface area contributed by atoms with Crippen molar-refractivity contribution in [2.24, 2.45) is 12.8 Å². The van der Waals surface area contributed by atoms with Gasteiger partial charge in [0, 0.05) is 25.2 Å². The van der Waals surface area contributed by atoms with E-state index in [0.29, 0.717) is 30.0 Å². The number of anilines is 1. The van der Waals surface area contributed by atoms with Gasteiger partial charge in [-0.2, -0.15) is 5.10 Å². The number of piperidine rings is 1. The van der Waals surface area contributed by atoms with Gasteiger partial charge in [-0.05, 0) is 32.1 Å². The Morgan fingerprint density at radius 3 is 2.52 bits per heavy atom. The van der Waals surface area contributed by atoms with Crippen molar-refractivity contribution in [2.45, 2.75) is 63.6 Å². The molecule has 1 aromatic rings. The van der Waals surface area contributed by atoms with E-state index in [1.165, 1.54) is 0 Å². The summed E-state index contributed by atoms with van der Waals surface area (Å²) in [7, 11) is 1.81. The largest absolute Gasteiger partial charge is 0.345 e. The summed E-state index contributed by atoms with van der Waals surface area (Å²) in [6.45, 7) is 2.02. The Bertz CT molecular complexity index is 542. The molecule has 7 heteroatoms. The molecule has 21 heavy (non-hydrogen) atoms. The molecule has 0 saturated carbocycles. The summed E-state index contributed by atoms with van der Waals surface area (Å²) in [6, 6.07) is 0.866. The van der Waals surface area contributed by atoms with Crippen LogP contribution in [0.5, 0.6) is 0 Å². The number of nitro groups is 1. The zero-order valence-corrected chi connectivity index (χ0v) is 12.7. The minimum Gasteiger partial charge on any atom is -0.345 e. The molecule has 0 amide bonds. The Morgan fingerprint density at radius 1 is 1.38 bits per heavy atom. The van der Waals surface area contributed by atoms with Crippen LogP contribution < -0.4 is 10.6 Å². The predicted molar refractivity (Wildman–Crippen MR) is 80.4 cm³/mol. The summed E-state index contributed by atoms with van der Waals surface area (Å²) in [5, 5.41) is 16.0. The quantitative estimate of drug-likeness (QED) is 0.674. The first-order valence-corrected chi connectivity index (χ1v) is 7.77. The maximum absolute atomic E-state index is 11.6.